The van der Waals surface area contributed by atoms with Crippen LogP contribution < -0.4 is 0 Å². The highest BCUT2D eigenvalue weighted by molar-refractivity contribution is 6.20. The van der Waals surface area contributed by atoms with Crippen molar-refractivity contribution in [2.75, 3.05) is 0 Å². The van der Waals surface area contributed by atoms with Gasteiger partial charge in [0.25, 0.3) is 0 Å². The summed E-state index contributed by atoms with van der Waals surface area (Å²) in [5, 5.41) is 8.31. The lowest BCUT2D eigenvalue weighted by molar-refractivity contribution is 0.0524. The van der Waals surface area contributed by atoms with Gasteiger partial charge in [-0.2, -0.15) is 0 Å². The summed E-state index contributed by atoms with van der Waals surface area (Å²) in [6.45, 7) is 0. The van der Waals surface area contributed by atoms with Crippen molar-refractivity contribution in [2.45, 2.75) is 37.7 Å². The molecule has 1 N–H and O–H groups in total. The Morgan fingerprint density at radius 2 is 2.00 bits per heavy atom. The molecule has 0 radical (unpaired) electrons. The summed E-state index contributed by atoms with van der Waals surface area (Å²) in [5.41, 5.74) is -0.650. The van der Waals surface area contributed by atoms with Crippen LogP contribution >= 0.6 is 11.6 Å². The lowest BCUT2D eigenvalue weighted by Crippen LogP contribution is -2.23. The van der Waals surface area contributed by atoms with Gasteiger partial charge in [-0.1, -0.05) is 30.9 Å². The summed E-state index contributed by atoms with van der Waals surface area (Å²) in [7, 11) is 0. The summed E-state index contributed by atoms with van der Waals surface area (Å²) >= 11 is 5.75. The van der Waals surface area contributed by atoms with Crippen LogP contribution in [0.2, 0.25) is 0 Å². The number of hydrogen-bond acceptors (Lipinski definition) is 2. The van der Waals surface area contributed by atoms with Gasteiger partial charge in [-0.15, -0.1) is 0 Å². The van der Waals surface area contributed by atoms with Gasteiger partial charge >= 0.3 is 6.16 Å². The molecule has 0 aromatic carbocycles. The molecule has 1 rings (SSSR count). The molecule has 0 aromatic heterocycles. The summed E-state index contributed by atoms with van der Waals surface area (Å²) in [5.74, 6) is 0.219. The zero-order valence-electron chi connectivity index (χ0n) is 6.83. The second-order valence-electron chi connectivity index (χ2n) is 3.13. The Hall–Kier alpha value is -0.440. The van der Waals surface area contributed by atoms with Crippen LogP contribution in [0.25, 0.3) is 0 Å². The lowest BCUT2D eigenvalue weighted by Gasteiger charge is -2.24. The molecule has 1 atom stereocenters. The van der Waals surface area contributed by atoms with E-state index in [1.54, 1.807) is 0 Å². The van der Waals surface area contributed by atoms with E-state index in [1.807, 2.05) is 0 Å². The van der Waals surface area contributed by atoms with Crippen molar-refractivity contribution in [1.29, 1.82) is 0 Å². The summed E-state index contributed by atoms with van der Waals surface area (Å²) in [6.07, 6.45) is 4.20. The fourth-order valence-electron chi connectivity index (χ4n) is 1.59. The first kappa shape index (κ1) is 9.65. The van der Waals surface area contributed by atoms with E-state index >= 15 is 0 Å². The number of carbonyl (C=O) groups is 1. The summed E-state index contributed by atoms with van der Waals surface area (Å²) in [4.78, 5) is 10.1. The fraction of sp³-hybridized carbons (Fsp3) is 0.875. The van der Waals surface area contributed by atoms with Gasteiger partial charge in [-0.25, -0.2) is 4.79 Å². The van der Waals surface area contributed by atoms with Gasteiger partial charge in [-0.3, -0.25) is 0 Å². The Kier molecular flexibility index (Phi) is 3.66. The SMILES string of the molecule is O=C(O)OC(Cl)C1CCCCC1. The molecule has 0 aromatic rings. The lowest BCUT2D eigenvalue weighted by atomic mass is 9.90. The highest BCUT2D eigenvalue weighted by Gasteiger charge is 2.24. The van der Waals surface area contributed by atoms with Crippen molar-refractivity contribution in [3.63, 3.8) is 0 Å². The maximum absolute atomic E-state index is 10.1. The Morgan fingerprint density at radius 1 is 1.42 bits per heavy atom. The van der Waals surface area contributed by atoms with Crippen LogP contribution in [0, 0.1) is 5.92 Å². The van der Waals surface area contributed by atoms with Crippen molar-refractivity contribution in [1.82, 2.24) is 0 Å². The zero-order chi connectivity index (χ0) is 8.97. The van der Waals surface area contributed by atoms with Crippen LogP contribution in [-0.4, -0.2) is 16.8 Å². The van der Waals surface area contributed by atoms with Crippen molar-refractivity contribution >= 4 is 17.8 Å². The molecular formula is C8H13ClO3. The zero-order valence-corrected chi connectivity index (χ0v) is 7.59. The third-order valence-electron chi connectivity index (χ3n) is 2.23. The van der Waals surface area contributed by atoms with Gasteiger partial charge in [0.05, 0.1) is 0 Å². The molecule has 3 nitrogen and oxygen atoms in total. The molecular weight excluding hydrogens is 180 g/mol. The normalized spacial score (nSPS) is 21.8. The monoisotopic (exact) mass is 192 g/mol. The minimum Gasteiger partial charge on any atom is -0.450 e. The number of alkyl halides is 1. The molecule has 0 spiro atoms. The van der Waals surface area contributed by atoms with Gasteiger partial charge in [0, 0.05) is 5.92 Å². The number of halogens is 1. The molecule has 70 valence electrons. The molecule has 0 bridgehead atoms. The standard InChI is InChI=1S/C8H13ClO3/c9-7(12-8(10)11)6-4-2-1-3-5-6/h6-7H,1-5H2,(H,10,11). The van der Waals surface area contributed by atoms with E-state index < -0.39 is 11.7 Å². The molecule has 1 unspecified atom stereocenters. The van der Waals surface area contributed by atoms with Gasteiger partial charge in [0.1, 0.15) is 0 Å². The first-order chi connectivity index (χ1) is 5.70. The van der Waals surface area contributed by atoms with Crippen LogP contribution in [0.1, 0.15) is 32.1 Å². The Bertz CT molecular complexity index is 154. The Balaban J connectivity index is 2.29. The predicted octanol–water partition coefficient (Wildman–Crippen LogP) is 2.83. The average molecular weight is 193 g/mol. The number of carboxylic acid groups (broad SMARTS) is 1. The first-order valence-electron chi connectivity index (χ1n) is 4.24. The number of hydrogen-bond donors (Lipinski definition) is 1. The third-order valence-corrected chi connectivity index (χ3v) is 2.68. The van der Waals surface area contributed by atoms with E-state index in [2.05, 4.69) is 4.74 Å². The minimum absolute atomic E-state index is 0.219. The van der Waals surface area contributed by atoms with Crippen LogP contribution in [-0.2, 0) is 4.74 Å². The van der Waals surface area contributed by atoms with Crippen LogP contribution in [0.5, 0.6) is 0 Å². The molecule has 4 heteroatoms. The van der Waals surface area contributed by atoms with E-state index in [0.717, 1.165) is 25.7 Å². The van der Waals surface area contributed by atoms with E-state index in [0.29, 0.717) is 0 Å². The largest absolute Gasteiger partial charge is 0.507 e. The van der Waals surface area contributed by atoms with Crippen LogP contribution in [0.15, 0.2) is 0 Å². The fourth-order valence-corrected chi connectivity index (χ4v) is 1.92. The second kappa shape index (κ2) is 4.55. The molecule has 1 saturated carbocycles. The number of ether oxygens (including phenoxy) is 1. The smallest absolute Gasteiger partial charge is 0.450 e. The second-order valence-corrected chi connectivity index (χ2v) is 3.56. The molecule has 0 amide bonds. The maximum Gasteiger partial charge on any atom is 0.507 e. The summed E-state index contributed by atoms with van der Waals surface area (Å²) < 4.78 is 4.47. The minimum atomic E-state index is -1.28. The third kappa shape index (κ3) is 2.89. The van der Waals surface area contributed by atoms with Crippen LogP contribution in [0.4, 0.5) is 4.79 Å². The molecule has 1 aliphatic carbocycles. The van der Waals surface area contributed by atoms with Crippen LogP contribution in [0.3, 0.4) is 0 Å². The quantitative estimate of drug-likeness (QED) is 0.541. The van der Waals surface area contributed by atoms with E-state index in [1.165, 1.54) is 6.42 Å². The van der Waals surface area contributed by atoms with E-state index in [-0.39, 0.29) is 5.92 Å². The molecule has 1 fully saturated rings. The van der Waals surface area contributed by atoms with Gasteiger partial charge in [-0.05, 0) is 12.8 Å². The van der Waals surface area contributed by atoms with E-state index in [4.69, 9.17) is 16.7 Å². The molecule has 0 heterocycles. The van der Waals surface area contributed by atoms with Crippen molar-refractivity contribution < 1.29 is 14.6 Å². The first-order valence-corrected chi connectivity index (χ1v) is 4.67. The van der Waals surface area contributed by atoms with Crippen molar-refractivity contribution in [2.24, 2.45) is 5.92 Å². The van der Waals surface area contributed by atoms with Gasteiger partial charge in [0.15, 0.2) is 5.56 Å². The highest BCUT2D eigenvalue weighted by atomic mass is 35.5. The molecule has 12 heavy (non-hydrogen) atoms. The van der Waals surface area contributed by atoms with E-state index in [9.17, 15) is 4.79 Å². The molecule has 1 aliphatic rings. The number of rotatable bonds is 2. The maximum atomic E-state index is 10.1. The topological polar surface area (TPSA) is 46.5 Å². The molecule has 0 saturated heterocycles. The Morgan fingerprint density at radius 3 is 2.50 bits per heavy atom. The van der Waals surface area contributed by atoms with Crippen molar-refractivity contribution in [3.8, 4) is 0 Å². The van der Waals surface area contributed by atoms with Crippen molar-refractivity contribution in [3.05, 3.63) is 0 Å². The average Bonchev–Trinajstić information content (AvgIpc) is 2.05. The highest BCUT2D eigenvalue weighted by Crippen LogP contribution is 2.29. The van der Waals surface area contributed by atoms with Gasteiger partial charge < -0.3 is 9.84 Å². The molecule has 0 aliphatic heterocycles. The summed E-state index contributed by atoms with van der Waals surface area (Å²) in [6, 6.07) is 0. The predicted molar refractivity (Wildman–Crippen MR) is 45.3 cm³/mol. The Labute approximate surface area is 76.7 Å². The van der Waals surface area contributed by atoms with Gasteiger partial charge in [0.2, 0.25) is 0 Å².